The van der Waals surface area contributed by atoms with Gasteiger partial charge in [0.1, 0.15) is 0 Å². The SMILES string of the molecule is [C-]#[N+]c1cc2c(-c3cncc(N)c3Cl)cn(C3CC(C(=O)OC)C3)c2cc1C.[C-]#[N+]c1cc2c(-c3cncc(N)c3Cl)cn(C3CC(C(N)=O)C3)c2cc1C. The lowest BCUT2D eigenvalue weighted by atomic mass is 9.79. The molecule has 55 heavy (non-hydrogen) atoms. The van der Waals surface area contributed by atoms with Crippen LogP contribution in [0, 0.1) is 38.8 Å². The average molecular weight is 775 g/mol. The van der Waals surface area contributed by atoms with Crippen LogP contribution in [0.3, 0.4) is 0 Å². The Morgan fingerprint density at radius 3 is 1.53 bits per heavy atom. The molecule has 278 valence electrons. The fourth-order valence-electron chi connectivity index (χ4n) is 7.57. The molecule has 0 spiro atoms. The monoisotopic (exact) mass is 773 g/mol. The molecule has 0 bridgehead atoms. The standard InChI is InChI=1S/C21H19ClN4O2.C20H18ClN5O/c1-11-4-19-14(7-18(11)24-2)16(15-8-25-9-17(23)20(15)22)10-26(19)13-5-12(6-13)21(27)28-3;1-10-3-18-13(6-17(10)24-2)15(14-7-25-8-16(22)19(14)21)9-26(18)12-4-11(5-12)20(23)27/h4,7-10,12-13H,5-6,23H2,1,3H3;3,6-9,11-12H,4-5,22H2,1H3,(H2,23,27). The first kappa shape index (κ1) is 37.2. The van der Waals surface area contributed by atoms with Crippen LogP contribution in [-0.4, -0.2) is 38.1 Å². The van der Waals surface area contributed by atoms with Gasteiger partial charge in [0.25, 0.3) is 0 Å². The summed E-state index contributed by atoms with van der Waals surface area (Å²) >= 11 is 12.9. The van der Waals surface area contributed by atoms with Gasteiger partial charge in [-0.05, 0) is 85.7 Å². The lowest BCUT2D eigenvalue weighted by molar-refractivity contribution is -0.149. The van der Waals surface area contributed by atoms with Gasteiger partial charge in [0.2, 0.25) is 5.91 Å². The molecule has 0 saturated heterocycles. The largest absolute Gasteiger partial charge is 0.469 e. The van der Waals surface area contributed by atoms with Gasteiger partial charge in [-0.15, -0.1) is 0 Å². The van der Waals surface area contributed by atoms with Gasteiger partial charge in [0, 0.05) is 76.1 Å². The maximum Gasteiger partial charge on any atom is 0.308 e. The zero-order valence-corrected chi connectivity index (χ0v) is 31.8. The minimum Gasteiger partial charge on any atom is -0.469 e. The second-order valence-corrected chi connectivity index (χ2v) is 14.9. The summed E-state index contributed by atoms with van der Waals surface area (Å²) in [5.74, 6) is -0.575. The third-order valence-corrected chi connectivity index (χ3v) is 11.7. The number of esters is 1. The Kier molecular flexibility index (Phi) is 9.91. The van der Waals surface area contributed by atoms with E-state index in [9.17, 15) is 9.59 Å². The number of carbonyl (C=O) groups excluding carboxylic acids is 2. The van der Waals surface area contributed by atoms with Crippen molar-refractivity contribution >= 4 is 79.6 Å². The summed E-state index contributed by atoms with van der Waals surface area (Å²) in [4.78, 5) is 38.8. The third-order valence-electron chi connectivity index (χ3n) is 10.9. The van der Waals surface area contributed by atoms with E-state index in [2.05, 4.69) is 28.8 Å². The molecule has 6 aromatic rings. The van der Waals surface area contributed by atoms with E-state index in [0.717, 1.165) is 68.0 Å². The number of nitrogens with two attached hydrogens (primary N) is 3. The first-order chi connectivity index (χ1) is 26.3. The molecule has 2 fully saturated rings. The number of aromatic nitrogens is 4. The second-order valence-electron chi connectivity index (χ2n) is 14.2. The number of ether oxygens (including phenoxy) is 1. The molecule has 6 N–H and O–H groups in total. The molecule has 8 rings (SSSR count). The summed E-state index contributed by atoms with van der Waals surface area (Å²) in [6.07, 6.45) is 13.3. The maximum absolute atomic E-state index is 11.8. The quantitative estimate of drug-likeness (QED) is 0.112. The van der Waals surface area contributed by atoms with Crippen LogP contribution in [0.2, 0.25) is 10.0 Å². The molecule has 0 unspecified atom stereocenters. The van der Waals surface area contributed by atoms with Gasteiger partial charge in [0.05, 0.1) is 60.0 Å². The predicted molar refractivity (Wildman–Crippen MR) is 216 cm³/mol. The number of hydrogen-bond acceptors (Lipinski definition) is 7. The molecule has 0 radical (unpaired) electrons. The summed E-state index contributed by atoms with van der Waals surface area (Å²) in [6, 6.07) is 8.17. The Morgan fingerprint density at radius 2 is 1.15 bits per heavy atom. The summed E-state index contributed by atoms with van der Waals surface area (Å²) < 4.78 is 9.19. The van der Waals surface area contributed by atoms with E-state index in [1.165, 1.54) is 19.5 Å². The lowest BCUT2D eigenvalue weighted by Crippen LogP contribution is -2.36. The normalized spacial score (nSPS) is 18.7. The summed E-state index contributed by atoms with van der Waals surface area (Å²) in [5.41, 5.74) is 26.4. The number of nitrogen functional groups attached to an aromatic ring is 2. The van der Waals surface area contributed by atoms with Crippen LogP contribution in [-0.2, 0) is 14.3 Å². The number of anilines is 2. The molecule has 2 saturated carbocycles. The Labute approximate surface area is 327 Å². The predicted octanol–water partition coefficient (Wildman–Crippen LogP) is 9.16. The van der Waals surface area contributed by atoms with Crippen LogP contribution in [0.1, 0.15) is 48.9 Å². The van der Waals surface area contributed by atoms with E-state index in [4.69, 9.17) is 58.3 Å². The lowest BCUT2D eigenvalue weighted by Gasteiger charge is -2.35. The van der Waals surface area contributed by atoms with Crippen LogP contribution < -0.4 is 17.2 Å². The molecule has 2 aromatic carbocycles. The topological polar surface area (TPSA) is 166 Å². The van der Waals surface area contributed by atoms with Crippen LogP contribution in [0.25, 0.3) is 53.7 Å². The number of fused-ring (bicyclic) bond motifs is 2. The van der Waals surface area contributed by atoms with Crippen molar-refractivity contribution in [2.24, 2.45) is 17.6 Å². The number of primary amides is 1. The highest BCUT2D eigenvalue weighted by Crippen LogP contribution is 2.47. The summed E-state index contributed by atoms with van der Waals surface area (Å²) in [7, 11) is 1.42. The number of halogens is 2. The van der Waals surface area contributed by atoms with Crippen LogP contribution >= 0.6 is 23.2 Å². The van der Waals surface area contributed by atoms with Crippen LogP contribution in [0.4, 0.5) is 22.7 Å². The fourth-order valence-corrected chi connectivity index (χ4v) is 7.97. The van der Waals surface area contributed by atoms with Crippen molar-refractivity contribution in [2.45, 2.75) is 51.6 Å². The Bertz CT molecular complexity index is 2620. The average Bonchev–Trinajstić information content (AvgIpc) is 3.66. The molecule has 12 nitrogen and oxygen atoms in total. The van der Waals surface area contributed by atoms with Crippen molar-refractivity contribution in [1.82, 2.24) is 19.1 Å². The van der Waals surface area contributed by atoms with Gasteiger partial charge in [-0.25, -0.2) is 9.69 Å². The smallest absolute Gasteiger partial charge is 0.308 e. The Hall–Kier alpha value is -6.08. The number of amides is 1. The number of methoxy groups -OCH3 is 1. The highest BCUT2D eigenvalue weighted by molar-refractivity contribution is 6.36. The first-order valence-electron chi connectivity index (χ1n) is 17.6. The zero-order chi connectivity index (χ0) is 39.3. The molecular weight excluding hydrogens is 737 g/mol. The van der Waals surface area contributed by atoms with E-state index < -0.39 is 0 Å². The minimum absolute atomic E-state index is 0.0721. The number of carbonyl (C=O) groups is 2. The molecule has 4 aromatic heterocycles. The molecule has 2 aliphatic rings. The van der Waals surface area contributed by atoms with E-state index in [-0.39, 0.29) is 35.8 Å². The highest BCUT2D eigenvalue weighted by Gasteiger charge is 2.38. The summed E-state index contributed by atoms with van der Waals surface area (Å²) in [5, 5.41) is 2.73. The molecule has 1 amide bonds. The van der Waals surface area contributed by atoms with Crippen molar-refractivity contribution in [2.75, 3.05) is 18.6 Å². The van der Waals surface area contributed by atoms with Gasteiger partial charge in [-0.2, -0.15) is 0 Å². The van der Waals surface area contributed by atoms with Gasteiger partial charge >= 0.3 is 5.97 Å². The Balaban J connectivity index is 0.000000169. The molecular formula is C41H37Cl2N9O3. The summed E-state index contributed by atoms with van der Waals surface area (Å²) in [6.45, 7) is 18.7. The van der Waals surface area contributed by atoms with E-state index in [0.29, 0.717) is 45.6 Å². The minimum atomic E-state index is -0.252. The first-order valence-corrected chi connectivity index (χ1v) is 18.3. The highest BCUT2D eigenvalue weighted by atomic mass is 35.5. The van der Waals surface area contributed by atoms with Crippen molar-refractivity contribution in [1.29, 1.82) is 0 Å². The van der Waals surface area contributed by atoms with Gasteiger partial charge in [0.15, 0.2) is 11.4 Å². The maximum atomic E-state index is 11.8. The molecule has 4 heterocycles. The number of pyridine rings is 2. The van der Waals surface area contributed by atoms with E-state index >= 15 is 0 Å². The number of benzene rings is 2. The number of hydrogen-bond donors (Lipinski definition) is 3. The fraction of sp³-hybridized carbons (Fsp3) is 0.268. The number of aryl methyl sites for hydroxylation is 2. The van der Waals surface area contributed by atoms with Crippen molar-refractivity contribution in [3.63, 3.8) is 0 Å². The number of rotatable bonds is 6. The molecule has 0 atom stereocenters. The van der Waals surface area contributed by atoms with Gasteiger partial charge < -0.3 is 31.1 Å². The third kappa shape index (κ3) is 6.58. The van der Waals surface area contributed by atoms with Gasteiger partial charge in [-0.1, -0.05) is 23.2 Å². The van der Waals surface area contributed by atoms with Crippen LogP contribution in [0.15, 0.2) is 61.4 Å². The van der Waals surface area contributed by atoms with E-state index in [1.54, 1.807) is 12.4 Å². The molecule has 0 aliphatic heterocycles. The Morgan fingerprint density at radius 1 is 0.727 bits per heavy atom. The van der Waals surface area contributed by atoms with Crippen LogP contribution in [0.5, 0.6) is 0 Å². The van der Waals surface area contributed by atoms with E-state index in [1.807, 2.05) is 50.5 Å². The van der Waals surface area contributed by atoms with Crippen molar-refractivity contribution < 1.29 is 14.3 Å². The van der Waals surface area contributed by atoms with Gasteiger partial charge in [-0.3, -0.25) is 19.6 Å². The molecule has 14 heteroatoms. The number of nitrogens with zero attached hydrogens (tertiary/aromatic N) is 6. The zero-order valence-electron chi connectivity index (χ0n) is 30.3. The van der Waals surface area contributed by atoms with Crippen molar-refractivity contribution in [3.8, 4) is 22.3 Å². The second kappa shape index (κ2) is 14.6. The molecule has 2 aliphatic carbocycles. The van der Waals surface area contributed by atoms with Crippen molar-refractivity contribution in [3.05, 3.63) is 105 Å².